The maximum Gasteiger partial charge on any atom is 0.148 e. The van der Waals surface area contributed by atoms with Gasteiger partial charge in [0.05, 0.1) is 17.9 Å². The first kappa shape index (κ1) is 7.24. The van der Waals surface area contributed by atoms with E-state index in [0.29, 0.717) is 6.04 Å². The summed E-state index contributed by atoms with van der Waals surface area (Å²) in [6, 6.07) is 0.605. The quantitative estimate of drug-likeness (QED) is 0.628. The molecule has 1 aromatic heterocycles. The lowest BCUT2D eigenvalue weighted by Crippen LogP contribution is -2.29. The number of nitrogen functional groups attached to an aromatic ring is 1. The van der Waals surface area contributed by atoms with E-state index in [1.54, 1.807) is 6.20 Å². The fourth-order valence-electron chi connectivity index (χ4n) is 2.62. The summed E-state index contributed by atoms with van der Waals surface area (Å²) in [6.45, 7) is 1.07. The van der Waals surface area contributed by atoms with Gasteiger partial charge in [-0.2, -0.15) is 5.10 Å². The van der Waals surface area contributed by atoms with Gasteiger partial charge >= 0.3 is 0 Å². The minimum Gasteiger partial charge on any atom is -0.394 e. The van der Waals surface area contributed by atoms with Crippen LogP contribution in [0.15, 0.2) is 6.20 Å². The molecule has 0 spiro atoms. The summed E-state index contributed by atoms with van der Waals surface area (Å²) < 4.78 is 2.08. The van der Waals surface area contributed by atoms with E-state index in [0.717, 1.165) is 24.0 Å². The second kappa shape index (κ2) is 2.40. The SMILES string of the molecule is Nc1cnn2c1NCC1CCCC12. The number of rotatable bonds is 0. The summed E-state index contributed by atoms with van der Waals surface area (Å²) in [4.78, 5) is 0. The Morgan fingerprint density at radius 1 is 1.54 bits per heavy atom. The van der Waals surface area contributed by atoms with Gasteiger partial charge in [-0.15, -0.1) is 0 Å². The van der Waals surface area contributed by atoms with Crippen LogP contribution in [0.5, 0.6) is 0 Å². The lowest BCUT2D eigenvalue weighted by Gasteiger charge is -2.28. The van der Waals surface area contributed by atoms with Gasteiger partial charge in [0.2, 0.25) is 0 Å². The molecule has 2 aliphatic rings. The van der Waals surface area contributed by atoms with E-state index in [1.807, 2.05) is 0 Å². The normalized spacial score (nSPS) is 30.8. The first-order chi connectivity index (χ1) is 6.36. The molecule has 2 atom stereocenters. The third-order valence-corrected chi connectivity index (χ3v) is 3.29. The molecular formula is C9H14N4. The number of hydrogen-bond donors (Lipinski definition) is 2. The predicted octanol–water partition coefficient (Wildman–Crippen LogP) is 1.23. The predicted molar refractivity (Wildman–Crippen MR) is 51.5 cm³/mol. The molecule has 70 valence electrons. The molecule has 1 aromatic rings. The number of fused-ring (bicyclic) bond motifs is 3. The van der Waals surface area contributed by atoms with Gasteiger partial charge in [-0.05, 0) is 18.8 Å². The molecule has 0 aromatic carbocycles. The molecule has 2 unspecified atom stereocenters. The fourth-order valence-corrected chi connectivity index (χ4v) is 2.62. The van der Waals surface area contributed by atoms with Crippen molar-refractivity contribution in [2.75, 3.05) is 17.6 Å². The van der Waals surface area contributed by atoms with E-state index in [9.17, 15) is 0 Å². The molecule has 2 heterocycles. The summed E-state index contributed by atoms with van der Waals surface area (Å²) in [5.74, 6) is 1.80. The Morgan fingerprint density at radius 2 is 2.46 bits per heavy atom. The number of aromatic nitrogens is 2. The minimum atomic E-state index is 0.605. The first-order valence-electron chi connectivity index (χ1n) is 4.93. The van der Waals surface area contributed by atoms with Crippen LogP contribution in [0.3, 0.4) is 0 Å². The van der Waals surface area contributed by atoms with Crippen LogP contribution in [0.2, 0.25) is 0 Å². The molecule has 4 nitrogen and oxygen atoms in total. The van der Waals surface area contributed by atoms with E-state index in [-0.39, 0.29) is 0 Å². The van der Waals surface area contributed by atoms with Gasteiger partial charge in [-0.1, -0.05) is 6.42 Å². The van der Waals surface area contributed by atoms with Crippen molar-refractivity contribution in [2.45, 2.75) is 25.3 Å². The van der Waals surface area contributed by atoms with Crippen LogP contribution in [0.4, 0.5) is 11.5 Å². The van der Waals surface area contributed by atoms with E-state index in [4.69, 9.17) is 5.73 Å². The fraction of sp³-hybridized carbons (Fsp3) is 0.667. The van der Waals surface area contributed by atoms with Gasteiger partial charge in [-0.3, -0.25) is 0 Å². The monoisotopic (exact) mass is 178 g/mol. The second-order valence-electron chi connectivity index (χ2n) is 4.03. The van der Waals surface area contributed by atoms with Crippen LogP contribution in [-0.2, 0) is 0 Å². The van der Waals surface area contributed by atoms with Crippen molar-refractivity contribution >= 4 is 11.5 Å². The average Bonchev–Trinajstić information content (AvgIpc) is 2.70. The highest BCUT2D eigenvalue weighted by atomic mass is 15.4. The maximum absolute atomic E-state index is 5.80. The van der Waals surface area contributed by atoms with Crippen molar-refractivity contribution in [2.24, 2.45) is 5.92 Å². The molecular weight excluding hydrogens is 164 g/mol. The molecule has 1 aliphatic carbocycles. The standard InChI is InChI=1S/C9H14N4/c10-7-5-12-13-8-3-1-2-6(8)4-11-9(7)13/h5-6,8,11H,1-4,10H2. The Morgan fingerprint density at radius 3 is 3.38 bits per heavy atom. The molecule has 3 rings (SSSR count). The summed E-state index contributed by atoms with van der Waals surface area (Å²) in [7, 11) is 0. The van der Waals surface area contributed by atoms with Crippen LogP contribution < -0.4 is 11.1 Å². The van der Waals surface area contributed by atoms with Gasteiger partial charge < -0.3 is 11.1 Å². The van der Waals surface area contributed by atoms with Crippen molar-refractivity contribution in [3.63, 3.8) is 0 Å². The average molecular weight is 178 g/mol. The van der Waals surface area contributed by atoms with Gasteiger partial charge in [0.25, 0.3) is 0 Å². The van der Waals surface area contributed by atoms with Crippen LogP contribution in [0.1, 0.15) is 25.3 Å². The molecule has 1 aliphatic heterocycles. The second-order valence-corrected chi connectivity index (χ2v) is 4.03. The Labute approximate surface area is 77.1 Å². The number of nitrogens with two attached hydrogens (primary N) is 1. The highest BCUT2D eigenvalue weighted by molar-refractivity contribution is 5.61. The molecule has 13 heavy (non-hydrogen) atoms. The lowest BCUT2D eigenvalue weighted by molar-refractivity contribution is 0.347. The van der Waals surface area contributed by atoms with Crippen molar-refractivity contribution in [1.29, 1.82) is 0 Å². The third kappa shape index (κ3) is 0.884. The molecule has 1 fully saturated rings. The Hall–Kier alpha value is -1.19. The van der Waals surface area contributed by atoms with E-state index >= 15 is 0 Å². The zero-order chi connectivity index (χ0) is 8.84. The first-order valence-corrected chi connectivity index (χ1v) is 4.93. The molecule has 0 bridgehead atoms. The van der Waals surface area contributed by atoms with Crippen molar-refractivity contribution in [3.05, 3.63) is 6.20 Å². The van der Waals surface area contributed by atoms with Crippen LogP contribution >= 0.6 is 0 Å². The van der Waals surface area contributed by atoms with Gasteiger partial charge in [-0.25, -0.2) is 4.68 Å². The lowest BCUT2D eigenvalue weighted by atomic mass is 10.0. The molecule has 0 amide bonds. The number of nitrogens with one attached hydrogen (secondary N) is 1. The zero-order valence-corrected chi connectivity index (χ0v) is 7.53. The third-order valence-electron chi connectivity index (χ3n) is 3.29. The highest BCUT2D eigenvalue weighted by Crippen LogP contribution is 2.41. The smallest absolute Gasteiger partial charge is 0.148 e. The number of anilines is 2. The van der Waals surface area contributed by atoms with Gasteiger partial charge in [0, 0.05) is 6.54 Å². The van der Waals surface area contributed by atoms with E-state index in [2.05, 4.69) is 15.1 Å². The van der Waals surface area contributed by atoms with Crippen molar-refractivity contribution < 1.29 is 0 Å². The van der Waals surface area contributed by atoms with E-state index < -0.39 is 0 Å². The van der Waals surface area contributed by atoms with Crippen LogP contribution in [0, 0.1) is 5.92 Å². The Balaban J connectivity index is 2.06. The van der Waals surface area contributed by atoms with Crippen molar-refractivity contribution in [3.8, 4) is 0 Å². The Kier molecular flexibility index (Phi) is 1.34. The number of nitrogens with zero attached hydrogens (tertiary/aromatic N) is 2. The topological polar surface area (TPSA) is 55.9 Å². The summed E-state index contributed by atoms with van der Waals surface area (Å²) >= 11 is 0. The van der Waals surface area contributed by atoms with Crippen LogP contribution in [0.25, 0.3) is 0 Å². The summed E-state index contributed by atoms with van der Waals surface area (Å²) in [5, 5.41) is 7.69. The van der Waals surface area contributed by atoms with Crippen molar-refractivity contribution in [1.82, 2.24) is 9.78 Å². The zero-order valence-electron chi connectivity index (χ0n) is 7.53. The molecule has 3 N–H and O–H groups in total. The summed E-state index contributed by atoms with van der Waals surface area (Å²) in [6.07, 6.45) is 5.68. The van der Waals surface area contributed by atoms with Gasteiger partial charge in [0.15, 0.2) is 0 Å². The maximum atomic E-state index is 5.80. The molecule has 4 heteroatoms. The number of hydrogen-bond acceptors (Lipinski definition) is 3. The minimum absolute atomic E-state index is 0.605. The molecule has 1 saturated carbocycles. The van der Waals surface area contributed by atoms with Gasteiger partial charge in [0.1, 0.15) is 5.82 Å². The largest absolute Gasteiger partial charge is 0.394 e. The molecule has 0 saturated heterocycles. The highest BCUT2D eigenvalue weighted by Gasteiger charge is 2.34. The molecule has 0 radical (unpaired) electrons. The Bertz CT molecular complexity index is 330. The van der Waals surface area contributed by atoms with Crippen LogP contribution in [-0.4, -0.2) is 16.3 Å². The summed E-state index contributed by atoms with van der Waals surface area (Å²) in [5.41, 5.74) is 6.58. The van der Waals surface area contributed by atoms with E-state index in [1.165, 1.54) is 19.3 Å².